The predicted octanol–water partition coefficient (Wildman–Crippen LogP) is 2.21. The third-order valence-corrected chi connectivity index (χ3v) is 3.24. The Balaban J connectivity index is 2.54. The van der Waals surface area contributed by atoms with Crippen LogP contribution in [0.3, 0.4) is 0 Å². The highest BCUT2D eigenvalue weighted by molar-refractivity contribution is 4.92. The van der Waals surface area contributed by atoms with Crippen molar-refractivity contribution in [3.63, 3.8) is 0 Å². The Kier molecular flexibility index (Phi) is 3.36. The summed E-state index contributed by atoms with van der Waals surface area (Å²) in [5, 5.41) is 9.99. The highest BCUT2D eigenvalue weighted by Gasteiger charge is 2.43. The zero-order valence-electron chi connectivity index (χ0n) is 9.21. The maximum Gasteiger partial charge on any atom is 0.0888 e. The standard InChI is InChI=1S/C11H22O2/c1-5-6-8(2)9-7-13-11(3,4)10(9)12/h8-10,12H,5-7H2,1-4H3. The van der Waals surface area contributed by atoms with Crippen molar-refractivity contribution in [1.29, 1.82) is 0 Å². The van der Waals surface area contributed by atoms with Gasteiger partial charge in [0.25, 0.3) is 0 Å². The molecule has 0 radical (unpaired) electrons. The van der Waals surface area contributed by atoms with Gasteiger partial charge in [0.15, 0.2) is 0 Å². The number of rotatable bonds is 3. The van der Waals surface area contributed by atoms with E-state index in [2.05, 4.69) is 13.8 Å². The largest absolute Gasteiger partial charge is 0.390 e. The molecule has 0 spiro atoms. The Bertz CT molecular complexity index is 165. The number of aliphatic hydroxyl groups excluding tert-OH is 1. The summed E-state index contributed by atoms with van der Waals surface area (Å²) in [7, 11) is 0. The van der Waals surface area contributed by atoms with Crippen molar-refractivity contribution in [2.45, 2.75) is 52.2 Å². The topological polar surface area (TPSA) is 29.5 Å². The number of hydrogen-bond acceptors (Lipinski definition) is 2. The second-order valence-electron chi connectivity index (χ2n) is 4.79. The monoisotopic (exact) mass is 186 g/mol. The third kappa shape index (κ3) is 2.23. The van der Waals surface area contributed by atoms with E-state index in [0.717, 1.165) is 6.61 Å². The van der Waals surface area contributed by atoms with Gasteiger partial charge in [0, 0.05) is 5.92 Å². The molecule has 1 rings (SSSR count). The van der Waals surface area contributed by atoms with Gasteiger partial charge in [-0.25, -0.2) is 0 Å². The molecule has 0 amide bonds. The second kappa shape index (κ2) is 3.97. The lowest BCUT2D eigenvalue weighted by Crippen LogP contribution is -2.37. The lowest BCUT2D eigenvalue weighted by Gasteiger charge is -2.26. The van der Waals surface area contributed by atoms with E-state index in [1.807, 2.05) is 13.8 Å². The average molecular weight is 186 g/mol. The first kappa shape index (κ1) is 11.0. The zero-order chi connectivity index (χ0) is 10.1. The molecule has 0 aliphatic carbocycles. The fourth-order valence-electron chi connectivity index (χ4n) is 2.15. The molecule has 13 heavy (non-hydrogen) atoms. The van der Waals surface area contributed by atoms with Crippen molar-refractivity contribution in [3.8, 4) is 0 Å². The molecule has 2 heteroatoms. The molecule has 1 N–H and O–H groups in total. The van der Waals surface area contributed by atoms with E-state index in [9.17, 15) is 5.11 Å². The van der Waals surface area contributed by atoms with E-state index in [-0.39, 0.29) is 11.7 Å². The van der Waals surface area contributed by atoms with Gasteiger partial charge in [0.05, 0.1) is 18.3 Å². The van der Waals surface area contributed by atoms with Gasteiger partial charge >= 0.3 is 0 Å². The minimum Gasteiger partial charge on any atom is -0.390 e. The van der Waals surface area contributed by atoms with Crippen molar-refractivity contribution >= 4 is 0 Å². The van der Waals surface area contributed by atoms with Crippen LogP contribution >= 0.6 is 0 Å². The Morgan fingerprint density at radius 2 is 2.15 bits per heavy atom. The van der Waals surface area contributed by atoms with Crippen LogP contribution in [0.25, 0.3) is 0 Å². The molecule has 1 saturated heterocycles. The fourth-order valence-corrected chi connectivity index (χ4v) is 2.15. The van der Waals surface area contributed by atoms with Crippen LogP contribution in [0.15, 0.2) is 0 Å². The zero-order valence-corrected chi connectivity index (χ0v) is 9.21. The molecule has 0 aromatic rings. The number of aliphatic hydroxyl groups is 1. The molecule has 0 bridgehead atoms. The van der Waals surface area contributed by atoms with Crippen molar-refractivity contribution < 1.29 is 9.84 Å². The molecular formula is C11H22O2. The molecule has 78 valence electrons. The molecular weight excluding hydrogens is 164 g/mol. The van der Waals surface area contributed by atoms with E-state index in [4.69, 9.17) is 4.74 Å². The molecule has 3 unspecified atom stereocenters. The predicted molar refractivity (Wildman–Crippen MR) is 53.6 cm³/mol. The maximum absolute atomic E-state index is 9.99. The summed E-state index contributed by atoms with van der Waals surface area (Å²) in [6, 6.07) is 0. The summed E-state index contributed by atoms with van der Waals surface area (Å²) >= 11 is 0. The normalized spacial score (nSPS) is 34.8. The van der Waals surface area contributed by atoms with Crippen LogP contribution < -0.4 is 0 Å². The highest BCUT2D eigenvalue weighted by Crippen LogP contribution is 2.35. The van der Waals surface area contributed by atoms with Gasteiger partial charge in [-0.2, -0.15) is 0 Å². The minimum absolute atomic E-state index is 0.297. The van der Waals surface area contributed by atoms with E-state index < -0.39 is 0 Å². The quantitative estimate of drug-likeness (QED) is 0.732. The summed E-state index contributed by atoms with van der Waals surface area (Å²) in [4.78, 5) is 0. The Hall–Kier alpha value is -0.0800. The van der Waals surface area contributed by atoms with Crippen LogP contribution in [0.4, 0.5) is 0 Å². The van der Waals surface area contributed by atoms with Gasteiger partial charge in [-0.1, -0.05) is 26.7 Å². The van der Waals surface area contributed by atoms with Gasteiger partial charge in [-0.15, -0.1) is 0 Å². The van der Waals surface area contributed by atoms with Crippen LogP contribution in [0.5, 0.6) is 0 Å². The maximum atomic E-state index is 9.99. The first-order chi connectivity index (χ1) is 5.99. The Labute approximate surface area is 81.3 Å². The lowest BCUT2D eigenvalue weighted by molar-refractivity contribution is -0.0328. The van der Waals surface area contributed by atoms with Crippen LogP contribution in [0.2, 0.25) is 0 Å². The molecule has 0 aromatic heterocycles. The van der Waals surface area contributed by atoms with Crippen molar-refractivity contribution in [3.05, 3.63) is 0 Å². The van der Waals surface area contributed by atoms with Crippen LogP contribution in [-0.2, 0) is 4.74 Å². The van der Waals surface area contributed by atoms with Crippen LogP contribution in [0, 0.1) is 11.8 Å². The van der Waals surface area contributed by atoms with Gasteiger partial charge < -0.3 is 9.84 Å². The number of ether oxygens (including phenoxy) is 1. The van der Waals surface area contributed by atoms with Gasteiger partial charge in [0.2, 0.25) is 0 Å². The number of hydrogen-bond donors (Lipinski definition) is 1. The summed E-state index contributed by atoms with van der Waals surface area (Å²) in [6.07, 6.45) is 2.07. The highest BCUT2D eigenvalue weighted by atomic mass is 16.5. The Morgan fingerprint density at radius 1 is 1.54 bits per heavy atom. The molecule has 3 atom stereocenters. The molecule has 1 aliphatic heterocycles. The summed E-state index contributed by atoms with van der Waals surface area (Å²) in [6.45, 7) is 9.05. The summed E-state index contributed by atoms with van der Waals surface area (Å²) in [5.74, 6) is 0.900. The fraction of sp³-hybridized carbons (Fsp3) is 1.00. The average Bonchev–Trinajstić information content (AvgIpc) is 2.28. The molecule has 0 aromatic carbocycles. The smallest absolute Gasteiger partial charge is 0.0888 e. The summed E-state index contributed by atoms with van der Waals surface area (Å²) < 4.78 is 5.58. The third-order valence-electron chi connectivity index (χ3n) is 3.24. The first-order valence-corrected chi connectivity index (χ1v) is 5.31. The molecule has 2 nitrogen and oxygen atoms in total. The minimum atomic E-state index is -0.341. The van der Waals surface area contributed by atoms with Crippen molar-refractivity contribution in [2.24, 2.45) is 11.8 Å². The lowest BCUT2D eigenvalue weighted by atomic mass is 9.83. The van der Waals surface area contributed by atoms with Gasteiger partial charge in [-0.05, 0) is 19.8 Å². The molecule has 0 saturated carbocycles. The second-order valence-corrected chi connectivity index (χ2v) is 4.79. The molecule has 1 aliphatic rings. The van der Waals surface area contributed by atoms with Crippen LogP contribution in [-0.4, -0.2) is 23.4 Å². The molecule has 1 fully saturated rings. The van der Waals surface area contributed by atoms with E-state index in [0.29, 0.717) is 11.8 Å². The van der Waals surface area contributed by atoms with Crippen molar-refractivity contribution in [1.82, 2.24) is 0 Å². The van der Waals surface area contributed by atoms with E-state index in [1.54, 1.807) is 0 Å². The molecule has 1 heterocycles. The Morgan fingerprint density at radius 3 is 2.54 bits per heavy atom. The SMILES string of the molecule is CCCC(C)C1COC(C)(C)C1O. The van der Waals surface area contributed by atoms with Crippen molar-refractivity contribution in [2.75, 3.05) is 6.61 Å². The van der Waals surface area contributed by atoms with E-state index >= 15 is 0 Å². The van der Waals surface area contributed by atoms with Crippen LogP contribution in [0.1, 0.15) is 40.5 Å². The van der Waals surface area contributed by atoms with Gasteiger partial charge in [-0.3, -0.25) is 0 Å². The summed E-state index contributed by atoms with van der Waals surface area (Å²) in [5.41, 5.74) is -0.341. The first-order valence-electron chi connectivity index (χ1n) is 5.31. The van der Waals surface area contributed by atoms with Gasteiger partial charge in [0.1, 0.15) is 0 Å². The van der Waals surface area contributed by atoms with E-state index in [1.165, 1.54) is 12.8 Å².